The van der Waals surface area contributed by atoms with Gasteiger partial charge in [-0.05, 0) is 56.7 Å². The normalized spacial score (nSPS) is 18.3. The SMILES string of the molecule is C=S(C)(=O)OCCn1c2c(c3c(OC)cccc31)[C@@H](C(=O)N(CC)CC)CCC2. The lowest BCUT2D eigenvalue weighted by atomic mass is 9.84. The van der Waals surface area contributed by atoms with Crippen LogP contribution >= 0.6 is 0 Å². The third-order valence-electron chi connectivity index (χ3n) is 5.70. The molecule has 160 valence electrons. The number of carbonyl (C=O) groups is 1. The Labute approximate surface area is 174 Å². The number of likely N-dealkylation sites (N-methyl/N-ethyl adjacent to an activating group) is 1. The molecule has 1 aliphatic rings. The van der Waals surface area contributed by atoms with Crippen LogP contribution in [0.5, 0.6) is 5.75 Å². The van der Waals surface area contributed by atoms with Gasteiger partial charge in [-0.25, -0.2) is 4.21 Å². The first-order valence-electron chi connectivity index (χ1n) is 10.3. The quantitative estimate of drug-likeness (QED) is 0.615. The highest BCUT2D eigenvalue weighted by molar-refractivity contribution is 7.95. The van der Waals surface area contributed by atoms with Crippen molar-refractivity contribution in [2.75, 3.05) is 33.1 Å². The van der Waals surface area contributed by atoms with E-state index in [0.717, 1.165) is 47.2 Å². The molecule has 0 aliphatic heterocycles. The highest BCUT2D eigenvalue weighted by Gasteiger charge is 2.34. The summed E-state index contributed by atoms with van der Waals surface area (Å²) in [5.41, 5.74) is 3.29. The predicted octanol–water partition coefficient (Wildman–Crippen LogP) is 3.22. The molecule has 0 saturated heterocycles. The van der Waals surface area contributed by atoms with Gasteiger partial charge in [0.15, 0.2) is 0 Å². The molecule has 1 amide bonds. The zero-order valence-corrected chi connectivity index (χ0v) is 18.7. The van der Waals surface area contributed by atoms with Gasteiger partial charge in [0, 0.05) is 37.0 Å². The Hall–Kier alpha value is -1.99. The number of hydrogen-bond donors (Lipinski definition) is 0. The second-order valence-corrected chi connectivity index (χ2v) is 9.66. The van der Waals surface area contributed by atoms with E-state index in [0.29, 0.717) is 26.2 Å². The molecule has 1 aromatic heterocycles. The van der Waals surface area contributed by atoms with E-state index in [1.165, 1.54) is 6.26 Å². The van der Waals surface area contributed by atoms with Crippen molar-refractivity contribution < 1.29 is 17.9 Å². The minimum Gasteiger partial charge on any atom is -0.496 e. The molecule has 2 aromatic rings. The summed E-state index contributed by atoms with van der Waals surface area (Å²) in [5.74, 6) is 4.37. The largest absolute Gasteiger partial charge is 0.496 e. The summed E-state index contributed by atoms with van der Waals surface area (Å²) in [6, 6.07) is 5.98. The van der Waals surface area contributed by atoms with Gasteiger partial charge in [0.1, 0.15) is 5.75 Å². The standard InChI is InChI=1S/C22H32N2O4S/c1-6-23(7-2)22(25)16-10-8-11-17-20(16)21-18(12-9-13-19(21)27-3)24(17)14-15-28-29(4,5)26/h9,12-13,16H,4,6-8,10-11,14-15H2,1-3,5H3/t16-,29?/m0/s1. The summed E-state index contributed by atoms with van der Waals surface area (Å²) in [5, 5.41) is 1.02. The van der Waals surface area contributed by atoms with E-state index in [4.69, 9.17) is 8.92 Å². The molecule has 1 heterocycles. The van der Waals surface area contributed by atoms with Crippen molar-refractivity contribution in [3.05, 3.63) is 29.5 Å². The second kappa shape index (κ2) is 8.79. The average molecular weight is 421 g/mol. The fraction of sp³-hybridized carbons (Fsp3) is 0.545. The van der Waals surface area contributed by atoms with Crippen LogP contribution in [0.15, 0.2) is 18.2 Å². The van der Waals surface area contributed by atoms with Crippen LogP contribution in [0.25, 0.3) is 10.9 Å². The van der Waals surface area contributed by atoms with Gasteiger partial charge in [0.2, 0.25) is 5.91 Å². The molecule has 1 aliphatic carbocycles. The number of methoxy groups -OCH3 is 1. The molecule has 0 N–H and O–H groups in total. The smallest absolute Gasteiger partial charge is 0.230 e. The lowest BCUT2D eigenvalue weighted by Gasteiger charge is -2.29. The van der Waals surface area contributed by atoms with E-state index >= 15 is 0 Å². The Bertz CT molecular complexity index is 990. The first-order valence-corrected chi connectivity index (χ1v) is 12.3. The Morgan fingerprint density at radius 3 is 2.69 bits per heavy atom. The topological polar surface area (TPSA) is 60.8 Å². The zero-order chi connectivity index (χ0) is 21.2. The highest BCUT2D eigenvalue weighted by atomic mass is 32.2. The second-order valence-electron chi connectivity index (χ2n) is 7.57. The Balaban J connectivity index is 2.13. The number of ether oxygens (including phenoxy) is 1. The van der Waals surface area contributed by atoms with Gasteiger partial charge in [-0.1, -0.05) is 6.07 Å². The average Bonchev–Trinajstić information content (AvgIpc) is 3.02. The van der Waals surface area contributed by atoms with Crippen LogP contribution in [0.3, 0.4) is 0 Å². The van der Waals surface area contributed by atoms with Crippen molar-refractivity contribution in [2.45, 2.75) is 45.6 Å². The molecule has 0 bridgehead atoms. The van der Waals surface area contributed by atoms with Crippen molar-refractivity contribution in [3.63, 3.8) is 0 Å². The summed E-state index contributed by atoms with van der Waals surface area (Å²) in [4.78, 5) is 15.2. The fourth-order valence-electron chi connectivity index (χ4n) is 4.45. The molecule has 1 aromatic carbocycles. The molecule has 6 nitrogen and oxygen atoms in total. The van der Waals surface area contributed by atoms with Crippen molar-refractivity contribution in [2.24, 2.45) is 0 Å². The van der Waals surface area contributed by atoms with Crippen molar-refractivity contribution >= 4 is 32.5 Å². The number of benzene rings is 1. The summed E-state index contributed by atoms with van der Waals surface area (Å²) in [6.07, 6.45) is 4.21. The van der Waals surface area contributed by atoms with Crippen LogP contribution in [0, 0.1) is 0 Å². The van der Waals surface area contributed by atoms with Gasteiger partial charge in [0.25, 0.3) is 0 Å². The van der Waals surface area contributed by atoms with E-state index in [1.54, 1.807) is 7.11 Å². The molecule has 2 atom stereocenters. The number of nitrogens with zero attached hydrogens (tertiary/aromatic N) is 2. The summed E-state index contributed by atoms with van der Waals surface area (Å²) < 4.78 is 25.2. The molecule has 29 heavy (non-hydrogen) atoms. The van der Waals surface area contributed by atoms with Crippen LogP contribution in [0.2, 0.25) is 0 Å². The van der Waals surface area contributed by atoms with Crippen molar-refractivity contribution in [3.8, 4) is 5.75 Å². The molecular formula is C22H32N2O4S. The Kier molecular flexibility index (Phi) is 6.58. The van der Waals surface area contributed by atoms with Crippen molar-refractivity contribution in [1.29, 1.82) is 0 Å². The van der Waals surface area contributed by atoms with E-state index in [-0.39, 0.29) is 11.8 Å². The molecule has 7 heteroatoms. The number of hydrogen-bond acceptors (Lipinski definition) is 4. The number of fused-ring (bicyclic) bond motifs is 3. The molecule has 3 rings (SSSR count). The number of carbonyl (C=O) groups excluding carboxylic acids is 1. The Morgan fingerprint density at radius 1 is 1.34 bits per heavy atom. The highest BCUT2D eigenvalue weighted by Crippen LogP contribution is 2.43. The molecule has 0 saturated carbocycles. The van der Waals surface area contributed by atoms with Crippen LogP contribution in [-0.2, 0) is 31.7 Å². The van der Waals surface area contributed by atoms with Gasteiger partial charge >= 0.3 is 0 Å². The van der Waals surface area contributed by atoms with E-state index in [2.05, 4.69) is 16.5 Å². The summed E-state index contributed by atoms with van der Waals surface area (Å²) in [6.45, 7) is 6.32. The van der Waals surface area contributed by atoms with Crippen LogP contribution in [0.1, 0.15) is 43.9 Å². The third-order valence-corrected chi connectivity index (χ3v) is 6.36. The minimum atomic E-state index is -2.51. The number of rotatable bonds is 8. The molecule has 0 spiro atoms. The number of amides is 1. The van der Waals surface area contributed by atoms with Gasteiger partial charge in [0.05, 0.1) is 35.0 Å². The molecular weight excluding hydrogens is 388 g/mol. The van der Waals surface area contributed by atoms with E-state index < -0.39 is 9.80 Å². The Morgan fingerprint density at radius 2 is 2.07 bits per heavy atom. The number of aromatic nitrogens is 1. The first-order chi connectivity index (χ1) is 13.8. The van der Waals surface area contributed by atoms with Gasteiger partial charge < -0.3 is 14.2 Å². The van der Waals surface area contributed by atoms with Gasteiger partial charge in [-0.3, -0.25) is 8.98 Å². The molecule has 0 radical (unpaired) electrons. The summed E-state index contributed by atoms with van der Waals surface area (Å²) in [7, 11) is -0.838. The van der Waals surface area contributed by atoms with Crippen LogP contribution < -0.4 is 4.74 Å². The maximum Gasteiger partial charge on any atom is 0.230 e. The third kappa shape index (κ3) is 4.31. The molecule has 0 fully saturated rings. The van der Waals surface area contributed by atoms with Gasteiger partial charge in [-0.2, -0.15) is 0 Å². The lowest BCUT2D eigenvalue weighted by molar-refractivity contribution is -0.132. The summed E-state index contributed by atoms with van der Waals surface area (Å²) >= 11 is 0. The molecule has 1 unspecified atom stereocenters. The van der Waals surface area contributed by atoms with Crippen LogP contribution in [0.4, 0.5) is 0 Å². The predicted molar refractivity (Wildman–Crippen MR) is 119 cm³/mol. The zero-order valence-electron chi connectivity index (χ0n) is 17.9. The lowest BCUT2D eigenvalue weighted by Crippen LogP contribution is -2.36. The van der Waals surface area contributed by atoms with E-state index in [9.17, 15) is 9.00 Å². The first kappa shape index (κ1) is 21.7. The fourth-order valence-corrected chi connectivity index (χ4v) is 4.87. The van der Waals surface area contributed by atoms with Crippen molar-refractivity contribution in [1.82, 2.24) is 9.47 Å². The maximum absolute atomic E-state index is 13.3. The van der Waals surface area contributed by atoms with Gasteiger partial charge in [-0.15, -0.1) is 0 Å². The maximum atomic E-state index is 13.3. The van der Waals surface area contributed by atoms with Crippen LogP contribution in [-0.4, -0.2) is 58.5 Å². The monoisotopic (exact) mass is 420 g/mol. The van der Waals surface area contributed by atoms with E-state index in [1.807, 2.05) is 30.9 Å². The minimum absolute atomic E-state index is 0.164.